The molecule has 1 aliphatic heterocycles. The number of hydrogen-bond donors (Lipinski definition) is 0. The van der Waals surface area contributed by atoms with Crippen molar-refractivity contribution in [3.05, 3.63) is 35.5 Å². The Labute approximate surface area is 124 Å². The largest absolute Gasteiger partial charge is 0.466 e. The smallest absolute Gasteiger partial charge is 0.309 e. The minimum atomic E-state index is -0.610. The topological polar surface area (TPSA) is 40.5 Å². The highest BCUT2D eigenvalue weighted by molar-refractivity contribution is 5.87. The third kappa shape index (κ3) is 2.23. The number of aromatic nitrogens is 1. The van der Waals surface area contributed by atoms with E-state index in [1.54, 1.807) is 0 Å². The first kappa shape index (κ1) is 14.1. The summed E-state index contributed by atoms with van der Waals surface area (Å²) in [6, 6.07) is 8.28. The maximum absolute atomic E-state index is 12.0. The van der Waals surface area contributed by atoms with E-state index < -0.39 is 5.60 Å². The molecule has 112 valence electrons. The van der Waals surface area contributed by atoms with Crippen LogP contribution in [0, 0.1) is 0 Å². The molecule has 0 N–H and O–H groups in total. The van der Waals surface area contributed by atoms with E-state index in [1.807, 2.05) is 26.0 Å². The maximum Gasteiger partial charge on any atom is 0.309 e. The van der Waals surface area contributed by atoms with Gasteiger partial charge in [0.25, 0.3) is 0 Å². The summed E-state index contributed by atoms with van der Waals surface area (Å²) in [5, 5.41) is 1.17. The molecule has 4 heteroatoms. The van der Waals surface area contributed by atoms with Crippen LogP contribution < -0.4 is 0 Å². The van der Waals surface area contributed by atoms with E-state index in [2.05, 4.69) is 23.7 Å². The molecule has 1 aromatic heterocycles. The summed E-state index contributed by atoms with van der Waals surface area (Å²) in [7, 11) is 2.08. The number of benzene rings is 1. The molecule has 1 aromatic carbocycles. The Morgan fingerprint density at radius 2 is 2.19 bits per heavy atom. The van der Waals surface area contributed by atoms with Gasteiger partial charge in [0.05, 0.1) is 19.6 Å². The molecule has 0 bridgehead atoms. The van der Waals surface area contributed by atoms with E-state index in [1.165, 1.54) is 16.6 Å². The van der Waals surface area contributed by atoms with E-state index in [0.717, 1.165) is 12.0 Å². The first-order chi connectivity index (χ1) is 10.1. The zero-order chi connectivity index (χ0) is 15.0. The van der Waals surface area contributed by atoms with Crippen molar-refractivity contribution in [1.82, 2.24) is 4.57 Å². The molecule has 0 radical (unpaired) electrons. The van der Waals surface area contributed by atoms with Crippen LogP contribution in [0.15, 0.2) is 24.3 Å². The molecule has 1 unspecified atom stereocenters. The van der Waals surface area contributed by atoms with Crippen molar-refractivity contribution >= 4 is 16.9 Å². The molecule has 21 heavy (non-hydrogen) atoms. The molecule has 1 aliphatic rings. The quantitative estimate of drug-likeness (QED) is 0.815. The minimum absolute atomic E-state index is 0.208. The second kappa shape index (κ2) is 5.19. The summed E-state index contributed by atoms with van der Waals surface area (Å²) < 4.78 is 13.4. The lowest BCUT2D eigenvalue weighted by Crippen LogP contribution is -2.35. The predicted octanol–water partition coefficient (Wildman–Crippen LogP) is 2.92. The first-order valence-electron chi connectivity index (χ1n) is 7.43. The Hall–Kier alpha value is -1.81. The highest BCUT2D eigenvalue weighted by Gasteiger charge is 2.39. The Kier molecular flexibility index (Phi) is 3.49. The summed E-state index contributed by atoms with van der Waals surface area (Å²) in [4.78, 5) is 12.0. The number of rotatable bonds is 3. The summed E-state index contributed by atoms with van der Waals surface area (Å²) >= 11 is 0. The fourth-order valence-electron chi connectivity index (χ4n) is 3.40. The average molecular weight is 287 g/mol. The van der Waals surface area contributed by atoms with Gasteiger partial charge in [-0.25, -0.2) is 0 Å². The number of nitrogens with zero attached hydrogens (tertiary/aromatic N) is 1. The van der Waals surface area contributed by atoms with Crippen LogP contribution in [0.4, 0.5) is 0 Å². The second-order valence-electron chi connectivity index (χ2n) is 5.71. The minimum Gasteiger partial charge on any atom is -0.466 e. The molecule has 1 atom stereocenters. The van der Waals surface area contributed by atoms with Crippen LogP contribution in [0.2, 0.25) is 0 Å². The van der Waals surface area contributed by atoms with Crippen molar-refractivity contribution in [3.8, 4) is 0 Å². The van der Waals surface area contributed by atoms with Gasteiger partial charge in [-0.1, -0.05) is 18.2 Å². The van der Waals surface area contributed by atoms with Gasteiger partial charge in [0.15, 0.2) is 0 Å². The number of hydrogen-bond acceptors (Lipinski definition) is 3. The Morgan fingerprint density at radius 3 is 2.95 bits per heavy atom. The molecule has 0 saturated heterocycles. The molecule has 0 fully saturated rings. The number of ether oxygens (including phenoxy) is 2. The van der Waals surface area contributed by atoms with Crippen LogP contribution in [-0.4, -0.2) is 23.8 Å². The van der Waals surface area contributed by atoms with Crippen molar-refractivity contribution in [2.45, 2.75) is 32.3 Å². The maximum atomic E-state index is 12.0. The zero-order valence-electron chi connectivity index (χ0n) is 12.8. The van der Waals surface area contributed by atoms with Gasteiger partial charge in [-0.2, -0.15) is 0 Å². The van der Waals surface area contributed by atoms with Gasteiger partial charge in [-0.3, -0.25) is 4.79 Å². The van der Waals surface area contributed by atoms with Crippen LogP contribution >= 0.6 is 0 Å². The van der Waals surface area contributed by atoms with Crippen LogP contribution in [0.3, 0.4) is 0 Å². The molecule has 0 amide bonds. The number of aryl methyl sites for hydroxylation is 1. The molecule has 0 aliphatic carbocycles. The molecule has 4 nitrogen and oxygen atoms in total. The number of carbonyl (C=O) groups excluding carboxylic acids is 1. The van der Waals surface area contributed by atoms with Gasteiger partial charge in [-0.05, 0) is 19.9 Å². The first-order valence-corrected chi connectivity index (χ1v) is 7.43. The lowest BCUT2D eigenvalue weighted by atomic mass is 9.87. The van der Waals surface area contributed by atoms with Crippen molar-refractivity contribution in [2.75, 3.05) is 13.2 Å². The van der Waals surface area contributed by atoms with Crippen LogP contribution in [0.25, 0.3) is 10.9 Å². The Balaban J connectivity index is 2.12. The monoisotopic (exact) mass is 287 g/mol. The Bertz CT molecular complexity index is 689. The highest BCUT2D eigenvalue weighted by Crippen LogP contribution is 2.41. The van der Waals surface area contributed by atoms with Crippen LogP contribution in [0.5, 0.6) is 0 Å². The van der Waals surface area contributed by atoms with Crippen LogP contribution in [-0.2, 0) is 33.3 Å². The van der Waals surface area contributed by atoms with Gasteiger partial charge >= 0.3 is 5.97 Å². The molecular formula is C17H21NO3. The summed E-state index contributed by atoms with van der Waals surface area (Å²) in [5.74, 6) is -0.208. The molecule has 0 spiro atoms. The van der Waals surface area contributed by atoms with Crippen molar-refractivity contribution in [1.29, 1.82) is 0 Å². The van der Waals surface area contributed by atoms with Gasteiger partial charge in [0.1, 0.15) is 5.60 Å². The molecule has 3 rings (SSSR count). The number of esters is 1. The predicted molar refractivity (Wildman–Crippen MR) is 81.2 cm³/mol. The Morgan fingerprint density at radius 1 is 1.43 bits per heavy atom. The molecule has 2 aromatic rings. The van der Waals surface area contributed by atoms with Crippen molar-refractivity contribution < 1.29 is 14.3 Å². The van der Waals surface area contributed by atoms with Crippen LogP contribution in [0.1, 0.15) is 31.5 Å². The van der Waals surface area contributed by atoms with E-state index in [4.69, 9.17) is 9.47 Å². The van der Waals surface area contributed by atoms with E-state index in [9.17, 15) is 4.79 Å². The number of carbonyl (C=O) groups is 1. The van der Waals surface area contributed by atoms with E-state index >= 15 is 0 Å². The standard InChI is InChI=1S/C17H21NO3/c1-4-20-15(19)11-17(2)16-12-7-5-6-8-13(12)18(3)14(16)9-10-21-17/h5-8H,4,9-11H2,1-3H3. The fourth-order valence-corrected chi connectivity index (χ4v) is 3.40. The number of fused-ring (bicyclic) bond motifs is 3. The lowest BCUT2D eigenvalue weighted by molar-refractivity contribution is -0.152. The summed E-state index contributed by atoms with van der Waals surface area (Å²) in [6.07, 6.45) is 1.13. The fraction of sp³-hybridized carbons (Fsp3) is 0.471. The summed E-state index contributed by atoms with van der Waals surface area (Å²) in [6.45, 7) is 4.85. The van der Waals surface area contributed by atoms with Gasteiger partial charge in [0.2, 0.25) is 0 Å². The number of para-hydroxylation sites is 1. The third-order valence-electron chi connectivity index (χ3n) is 4.30. The van der Waals surface area contributed by atoms with E-state index in [0.29, 0.717) is 13.2 Å². The average Bonchev–Trinajstić information content (AvgIpc) is 2.74. The lowest BCUT2D eigenvalue weighted by Gasteiger charge is -2.34. The highest BCUT2D eigenvalue weighted by atomic mass is 16.5. The zero-order valence-corrected chi connectivity index (χ0v) is 12.8. The molecule has 0 saturated carbocycles. The van der Waals surface area contributed by atoms with Gasteiger partial charge in [-0.15, -0.1) is 0 Å². The van der Waals surface area contributed by atoms with Crippen molar-refractivity contribution in [2.24, 2.45) is 7.05 Å². The summed E-state index contributed by atoms with van der Waals surface area (Å²) in [5.41, 5.74) is 2.97. The van der Waals surface area contributed by atoms with Gasteiger partial charge < -0.3 is 14.0 Å². The van der Waals surface area contributed by atoms with E-state index in [-0.39, 0.29) is 12.4 Å². The SMILES string of the molecule is CCOC(=O)CC1(C)OCCc2c1c1ccccc1n2C. The van der Waals surface area contributed by atoms with Gasteiger partial charge in [0, 0.05) is 35.6 Å². The molecular weight excluding hydrogens is 266 g/mol. The van der Waals surface area contributed by atoms with Crippen molar-refractivity contribution in [3.63, 3.8) is 0 Å². The normalized spacial score (nSPS) is 21.3. The third-order valence-corrected chi connectivity index (χ3v) is 4.30. The second-order valence-corrected chi connectivity index (χ2v) is 5.71. The molecule has 2 heterocycles.